The van der Waals surface area contributed by atoms with E-state index in [0.29, 0.717) is 15.9 Å². The Morgan fingerprint density at radius 3 is 2.52 bits per heavy atom. The summed E-state index contributed by atoms with van der Waals surface area (Å²) in [5.74, 6) is -1.28. The fourth-order valence-electron chi connectivity index (χ4n) is 1.64. The Balaban J connectivity index is 1.73. The molecular formula is C16H13BrFNO4. The van der Waals surface area contributed by atoms with E-state index in [1.54, 1.807) is 24.3 Å². The fourth-order valence-corrected chi connectivity index (χ4v) is 2.10. The van der Waals surface area contributed by atoms with Gasteiger partial charge < -0.3 is 14.8 Å². The van der Waals surface area contributed by atoms with Crippen LogP contribution in [0.5, 0.6) is 5.75 Å². The molecule has 0 aliphatic carbocycles. The molecule has 2 rings (SSSR count). The highest BCUT2D eigenvalue weighted by atomic mass is 79.9. The number of hydrogen-bond donors (Lipinski definition) is 1. The molecular weight excluding hydrogens is 369 g/mol. The van der Waals surface area contributed by atoms with Gasteiger partial charge in [0.15, 0.2) is 13.2 Å². The molecule has 0 spiro atoms. The van der Waals surface area contributed by atoms with Crippen molar-refractivity contribution in [2.75, 3.05) is 18.5 Å². The van der Waals surface area contributed by atoms with Gasteiger partial charge in [0, 0.05) is 5.69 Å². The van der Waals surface area contributed by atoms with Gasteiger partial charge in [0.2, 0.25) is 0 Å². The second-order valence-corrected chi connectivity index (χ2v) is 5.29. The number of carbonyl (C=O) groups is 2. The van der Waals surface area contributed by atoms with Crippen molar-refractivity contribution in [3.63, 3.8) is 0 Å². The molecule has 5 nitrogen and oxygen atoms in total. The number of hydrogen-bond acceptors (Lipinski definition) is 4. The number of anilines is 1. The zero-order chi connectivity index (χ0) is 16.7. The Morgan fingerprint density at radius 2 is 1.83 bits per heavy atom. The van der Waals surface area contributed by atoms with Crippen LogP contribution in [0.15, 0.2) is 53.0 Å². The Bertz CT molecular complexity index is 694. The summed E-state index contributed by atoms with van der Waals surface area (Å²) in [6.07, 6.45) is 0. The number of para-hydroxylation sites is 1. The SMILES string of the molecule is O=C(COC(=O)COc1ccc(F)cc1Br)Nc1ccccc1. The van der Waals surface area contributed by atoms with E-state index in [2.05, 4.69) is 21.2 Å². The third-order valence-electron chi connectivity index (χ3n) is 2.66. The van der Waals surface area contributed by atoms with Gasteiger partial charge in [0.1, 0.15) is 11.6 Å². The molecule has 0 heterocycles. The predicted molar refractivity (Wildman–Crippen MR) is 85.6 cm³/mol. The van der Waals surface area contributed by atoms with Gasteiger partial charge in [-0.1, -0.05) is 18.2 Å². The largest absolute Gasteiger partial charge is 0.481 e. The van der Waals surface area contributed by atoms with Crippen molar-refractivity contribution >= 4 is 33.5 Å². The summed E-state index contributed by atoms with van der Waals surface area (Å²) < 4.78 is 23.3. The summed E-state index contributed by atoms with van der Waals surface area (Å²) in [6.45, 7) is -0.801. The molecule has 0 aliphatic rings. The first-order valence-electron chi connectivity index (χ1n) is 6.63. The maximum atomic E-state index is 12.9. The molecule has 0 saturated heterocycles. The van der Waals surface area contributed by atoms with Gasteiger partial charge in [-0.2, -0.15) is 0 Å². The van der Waals surface area contributed by atoms with Crippen molar-refractivity contribution in [3.05, 3.63) is 58.8 Å². The highest BCUT2D eigenvalue weighted by Crippen LogP contribution is 2.25. The summed E-state index contributed by atoms with van der Waals surface area (Å²) in [5.41, 5.74) is 0.611. The molecule has 0 aliphatic heterocycles. The maximum Gasteiger partial charge on any atom is 0.344 e. The lowest BCUT2D eigenvalue weighted by Crippen LogP contribution is -2.23. The maximum absolute atomic E-state index is 12.9. The van der Waals surface area contributed by atoms with Gasteiger partial charge in [-0.3, -0.25) is 4.79 Å². The van der Waals surface area contributed by atoms with Crippen LogP contribution in [0.1, 0.15) is 0 Å². The summed E-state index contributed by atoms with van der Waals surface area (Å²) in [4.78, 5) is 23.1. The Labute approximate surface area is 140 Å². The van der Waals surface area contributed by atoms with E-state index >= 15 is 0 Å². The van der Waals surface area contributed by atoms with Crippen molar-refractivity contribution < 1.29 is 23.5 Å². The molecule has 2 aromatic carbocycles. The summed E-state index contributed by atoms with van der Waals surface area (Å²) >= 11 is 3.12. The molecule has 2 aromatic rings. The van der Waals surface area contributed by atoms with Crippen molar-refractivity contribution in [3.8, 4) is 5.75 Å². The van der Waals surface area contributed by atoms with Crippen molar-refractivity contribution in [2.45, 2.75) is 0 Å². The fraction of sp³-hybridized carbons (Fsp3) is 0.125. The van der Waals surface area contributed by atoms with Crippen molar-refractivity contribution in [1.29, 1.82) is 0 Å². The molecule has 0 aromatic heterocycles. The van der Waals surface area contributed by atoms with Gasteiger partial charge in [-0.05, 0) is 46.3 Å². The Hall–Kier alpha value is -2.41. The average Bonchev–Trinajstić information content (AvgIpc) is 2.53. The van der Waals surface area contributed by atoms with Crippen molar-refractivity contribution in [1.82, 2.24) is 0 Å². The van der Waals surface area contributed by atoms with E-state index in [0.717, 1.165) is 0 Å². The van der Waals surface area contributed by atoms with Crippen LogP contribution >= 0.6 is 15.9 Å². The van der Waals surface area contributed by atoms with Gasteiger partial charge in [-0.15, -0.1) is 0 Å². The van der Waals surface area contributed by atoms with Crippen LogP contribution in [0, 0.1) is 5.82 Å². The molecule has 23 heavy (non-hydrogen) atoms. The van der Waals surface area contributed by atoms with E-state index < -0.39 is 24.3 Å². The third kappa shape index (κ3) is 5.71. The number of esters is 1. The average molecular weight is 382 g/mol. The van der Waals surface area contributed by atoms with Gasteiger partial charge in [0.25, 0.3) is 5.91 Å². The molecule has 0 unspecified atom stereocenters. The number of rotatable bonds is 6. The van der Waals surface area contributed by atoms with Crippen LogP contribution in [0.25, 0.3) is 0 Å². The Kier molecular flexibility index (Phi) is 6.10. The van der Waals surface area contributed by atoms with Crippen LogP contribution in [-0.4, -0.2) is 25.1 Å². The highest BCUT2D eigenvalue weighted by Gasteiger charge is 2.10. The lowest BCUT2D eigenvalue weighted by Gasteiger charge is -2.09. The number of carbonyl (C=O) groups excluding carboxylic acids is 2. The molecule has 0 radical (unpaired) electrons. The molecule has 1 N–H and O–H groups in total. The topological polar surface area (TPSA) is 64.6 Å². The van der Waals surface area contributed by atoms with E-state index in [-0.39, 0.29) is 6.61 Å². The highest BCUT2D eigenvalue weighted by molar-refractivity contribution is 9.10. The molecule has 0 bridgehead atoms. The first-order chi connectivity index (χ1) is 11.0. The lowest BCUT2D eigenvalue weighted by atomic mass is 10.3. The minimum absolute atomic E-state index is 0.303. The van der Waals surface area contributed by atoms with Crippen LogP contribution in [-0.2, 0) is 14.3 Å². The monoisotopic (exact) mass is 381 g/mol. The first kappa shape index (κ1) is 17.0. The molecule has 0 saturated carbocycles. The van der Waals surface area contributed by atoms with E-state index in [1.807, 2.05) is 6.07 Å². The number of amides is 1. The third-order valence-corrected chi connectivity index (χ3v) is 3.28. The quantitative estimate of drug-likeness (QED) is 0.780. The van der Waals surface area contributed by atoms with Crippen LogP contribution in [0.4, 0.5) is 10.1 Å². The van der Waals surface area contributed by atoms with Crippen molar-refractivity contribution in [2.24, 2.45) is 0 Å². The normalized spacial score (nSPS) is 10.0. The standard InChI is InChI=1S/C16H13BrFNO4/c17-13-8-11(18)6-7-14(13)22-10-16(21)23-9-15(20)19-12-4-2-1-3-5-12/h1-8H,9-10H2,(H,19,20). The molecule has 1 amide bonds. The molecule has 0 atom stereocenters. The Morgan fingerprint density at radius 1 is 1.09 bits per heavy atom. The smallest absolute Gasteiger partial charge is 0.344 e. The zero-order valence-electron chi connectivity index (χ0n) is 11.9. The van der Waals surface area contributed by atoms with Gasteiger partial charge in [-0.25, -0.2) is 9.18 Å². The summed E-state index contributed by atoms with van der Waals surface area (Å²) in [6, 6.07) is 12.6. The number of halogens is 2. The minimum Gasteiger partial charge on any atom is -0.481 e. The lowest BCUT2D eigenvalue weighted by molar-refractivity contribution is -0.149. The number of benzene rings is 2. The zero-order valence-corrected chi connectivity index (χ0v) is 13.5. The first-order valence-corrected chi connectivity index (χ1v) is 7.42. The number of nitrogens with one attached hydrogen (secondary N) is 1. The van der Waals surface area contributed by atoms with Gasteiger partial charge >= 0.3 is 5.97 Å². The van der Waals surface area contributed by atoms with Gasteiger partial charge in [0.05, 0.1) is 4.47 Å². The summed E-state index contributed by atoms with van der Waals surface area (Å²) in [7, 11) is 0. The van der Waals surface area contributed by atoms with E-state index in [1.165, 1.54) is 18.2 Å². The van der Waals surface area contributed by atoms with E-state index in [9.17, 15) is 14.0 Å². The predicted octanol–water partition coefficient (Wildman–Crippen LogP) is 3.15. The molecule has 120 valence electrons. The van der Waals surface area contributed by atoms with Crippen LogP contribution < -0.4 is 10.1 Å². The molecule has 0 fully saturated rings. The summed E-state index contributed by atoms with van der Waals surface area (Å²) in [5, 5.41) is 2.58. The minimum atomic E-state index is -0.704. The van der Waals surface area contributed by atoms with E-state index in [4.69, 9.17) is 9.47 Å². The molecule has 7 heteroatoms. The number of ether oxygens (including phenoxy) is 2. The van der Waals surface area contributed by atoms with Crippen LogP contribution in [0.2, 0.25) is 0 Å². The second-order valence-electron chi connectivity index (χ2n) is 4.44. The van der Waals surface area contributed by atoms with Crippen LogP contribution in [0.3, 0.4) is 0 Å². The second kappa shape index (κ2) is 8.28.